The number of hydrogen-bond acceptors (Lipinski definition) is 4. The van der Waals surface area contributed by atoms with E-state index in [9.17, 15) is 0 Å². The van der Waals surface area contributed by atoms with E-state index in [2.05, 4.69) is 15.9 Å². The maximum Gasteiger partial charge on any atom is 0.175 e. The normalized spacial score (nSPS) is 15.9. The molecular weight excluding hydrogens is 274 g/mol. The van der Waals surface area contributed by atoms with Gasteiger partial charge in [0.2, 0.25) is 0 Å². The Labute approximate surface area is 102 Å². The highest BCUT2D eigenvalue weighted by Crippen LogP contribution is 2.38. The molecule has 0 saturated carbocycles. The van der Waals surface area contributed by atoms with E-state index in [0.717, 1.165) is 21.5 Å². The smallest absolute Gasteiger partial charge is 0.175 e. The molecule has 0 amide bonds. The van der Waals surface area contributed by atoms with Crippen molar-refractivity contribution in [3.63, 3.8) is 0 Å². The number of fused-ring (bicyclic) bond motifs is 1. The molecule has 1 aliphatic rings. The average Bonchev–Trinajstić information content (AvgIpc) is 2.29. The Bertz CT molecular complexity index is 384. The third kappa shape index (κ3) is 2.48. The molecule has 0 spiro atoms. The quantitative estimate of drug-likeness (QED) is 0.873. The summed E-state index contributed by atoms with van der Waals surface area (Å²) in [4.78, 5) is 0. The molecule has 1 heterocycles. The zero-order valence-electron chi connectivity index (χ0n) is 8.78. The summed E-state index contributed by atoms with van der Waals surface area (Å²) < 4.78 is 11.9. The van der Waals surface area contributed by atoms with Gasteiger partial charge in [-0.25, -0.2) is 0 Å². The van der Waals surface area contributed by atoms with Crippen LogP contribution in [-0.4, -0.2) is 31.0 Å². The first-order valence-electron chi connectivity index (χ1n) is 5.15. The van der Waals surface area contributed by atoms with E-state index in [4.69, 9.17) is 20.3 Å². The summed E-state index contributed by atoms with van der Waals surface area (Å²) in [6, 6.07) is 3.62. The van der Waals surface area contributed by atoms with Crippen molar-refractivity contribution in [3.05, 3.63) is 22.2 Å². The average molecular weight is 288 g/mol. The highest BCUT2D eigenvalue weighted by atomic mass is 79.9. The van der Waals surface area contributed by atoms with E-state index >= 15 is 0 Å². The second-order valence-electron chi connectivity index (χ2n) is 3.75. The first-order valence-corrected chi connectivity index (χ1v) is 5.94. The zero-order valence-corrected chi connectivity index (χ0v) is 10.4. The number of nitrogens with two attached hydrogens (primary N) is 1. The summed E-state index contributed by atoms with van der Waals surface area (Å²) in [6.45, 7) is 1.11. The van der Waals surface area contributed by atoms with Crippen molar-refractivity contribution in [1.82, 2.24) is 0 Å². The number of aliphatic hydroxyl groups is 1. The van der Waals surface area contributed by atoms with Crippen molar-refractivity contribution in [2.24, 2.45) is 5.73 Å². The van der Waals surface area contributed by atoms with Crippen molar-refractivity contribution in [2.45, 2.75) is 12.5 Å². The Morgan fingerprint density at radius 2 is 2.12 bits per heavy atom. The predicted molar refractivity (Wildman–Crippen MR) is 63.9 cm³/mol. The van der Waals surface area contributed by atoms with Crippen LogP contribution in [0.4, 0.5) is 0 Å². The number of rotatable bonds is 3. The minimum absolute atomic E-state index is 0.0218. The van der Waals surface area contributed by atoms with Gasteiger partial charge in [-0.05, 0) is 40.0 Å². The predicted octanol–water partition coefficient (Wildman–Crippen LogP) is 1.08. The van der Waals surface area contributed by atoms with Gasteiger partial charge in [0.25, 0.3) is 0 Å². The fourth-order valence-electron chi connectivity index (χ4n) is 1.65. The minimum Gasteiger partial charge on any atom is -0.486 e. The molecule has 0 aliphatic carbocycles. The molecule has 0 saturated heterocycles. The summed E-state index contributed by atoms with van der Waals surface area (Å²) >= 11 is 3.44. The molecule has 0 fully saturated rings. The molecule has 1 atom stereocenters. The highest BCUT2D eigenvalue weighted by Gasteiger charge is 2.16. The fourth-order valence-corrected chi connectivity index (χ4v) is 2.25. The van der Waals surface area contributed by atoms with Crippen LogP contribution < -0.4 is 15.2 Å². The summed E-state index contributed by atoms with van der Waals surface area (Å²) in [5.74, 6) is 1.48. The lowest BCUT2D eigenvalue weighted by molar-refractivity contribution is 0.170. The number of hydrogen-bond donors (Lipinski definition) is 2. The van der Waals surface area contributed by atoms with Crippen LogP contribution in [-0.2, 0) is 6.42 Å². The second-order valence-corrected chi connectivity index (χ2v) is 4.60. The van der Waals surface area contributed by atoms with Crippen molar-refractivity contribution in [2.75, 3.05) is 19.8 Å². The minimum atomic E-state index is -0.241. The van der Waals surface area contributed by atoms with E-state index in [0.29, 0.717) is 19.6 Å². The van der Waals surface area contributed by atoms with Crippen LogP contribution in [0.1, 0.15) is 5.56 Å². The molecule has 0 aromatic heterocycles. The number of benzene rings is 1. The number of halogens is 1. The maximum atomic E-state index is 8.91. The van der Waals surface area contributed by atoms with Gasteiger partial charge in [0.05, 0.1) is 11.1 Å². The lowest BCUT2D eigenvalue weighted by Gasteiger charge is -2.21. The molecule has 1 unspecified atom stereocenters. The van der Waals surface area contributed by atoms with Gasteiger partial charge in [-0.15, -0.1) is 0 Å². The van der Waals surface area contributed by atoms with E-state index in [1.54, 1.807) is 0 Å². The van der Waals surface area contributed by atoms with Crippen molar-refractivity contribution < 1.29 is 14.6 Å². The van der Waals surface area contributed by atoms with Gasteiger partial charge in [0.15, 0.2) is 11.5 Å². The molecule has 2 rings (SSSR count). The zero-order chi connectivity index (χ0) is 11.5. The van der Waals surface area contributed by atoms with Gasteiger partial charge >= 0.3 is 0 Å². The van der Waals surface area contributed by atoms with E-state index in [1.165, 1.54) is 0 Å². The molecule has 4 nitrogen and oxygen atoms in total. The van der Waals surface area contributed by atoms with E-state index in [-0.39, 0.29) is 12.6 Å². The van der Waals surface area contributed by atoms with Crippen LogP contribution in [0.25, 0.3) is 0 Å². The van der Waals surface area contributed by atoms with Gasteiger partial charge in [-0.3, -0.25) is 0 Å². The van der Waals surface area contributed by atoms with E-state index < -0.39 is 0 Å². The van der Waals surface area contributed by atoms with Crippen LogP contribution in [0.3, 0.4) is 0 Å². The topological polar surface area (TPSA) is 64.7 Å². The summed E-state index contributed by atoms with van der Waals surface area (Å²) in [7, 11) is 0. The molecule has 0 bridgehead atoms. The van der Waals surface area contributed by atoms with Crippen molar-refractivity contribution >= 4 is 15.9 Å². The molecule has 5 heteroatoms. The maximum absolute atomic E-state index is 8.91. The van der Waals surface area contributed by atoms with Crippen LogP contribution in [0, 0.1) is 0 Å². The summed E-state index contributed by atoms with van der Waals surface area (Å²) in [6.07, 6.45) is 0.617. The Morgan fingerprint density at radius 1 is 1.38 bits per heavy atom. The molecule has 16 heavy (non-hydrogen) atoms. The third-order valence-corrected chi connectivity index (χ3v) is 2.98. The molecule has 88 valence electrons. The molecule has 3 N–H and O–H groups in total. The fraction of sp³-hybridized carbons (Fsp3) is 0.455. The van der Waals surface area contributed by atoms with Crippen LogP contribution >= 0.6 is 15.9 Å². The van der Waals surface area contributed by atoms with Crippen molar-refractivity contribution in [3.8, 4) is 11.5 Å². The first-order chi connectivity index (χ1) is 7.70. The molecule has 1 aromatic rings. The van der Waals surface area contributed by atoms with Gasteiger partial charge in [0.1, 0.15) is 13.2 Å². The SMILES string of the molecule is NC(CO)Cc1cc(Br)c2c(c1)OCCO2. The van der Waals surface area contributed by atoms with Gasteiger partial charge in [-0.2, -0.15) is 0 Å². The largest absolute Gasteiger partial charge is 0.486 e. The molecular formula is C11H14BrNO3. The second kappa shape index (κ2) is 5.03. The Morgan fingerprint density at radius 3 is 2.88 bits per heavy atom. The molecule has 1 aromatic carbocycles. The third-order valence-electron chi connectivity index (χ3n) is 2.39. The van der Waals surface area contributed by atoms with Gasteiger partial charge < -0.3 is 20.3 Å². The Kier molecular flexibility index (Phi) is 3.68. The summed E-state index contributed by atoms with van der Waals surface area (Å²) in [5.41, 5.74) is 6.72. The first kappa shape index (κ1) is 11.7. The van der Waals surface area contributed by atoms with Gasteiger partial charge in [-0.1, -0.05) is 0 Å². The lowest BCUT2D eigenvalue weighted by Crippen LogP contribution is -2.27. The monoisotopic (exact) mass is 287 g/mol. The Hall–Kier alpha value is -0.780. The van der Waals surface area contributed by atoms with Crippen LogP contribution in [0.2, 0.25) is 0 Å². The molecule has 1 aliphatic heterocycles. The Balaban J connectivity index is 2.24. The highest BCUT2D eigenvalue weighted by molar-refractivity contribution is 9.10. The van der Waals surface area contributed by atoms with Crippen LogP contribution in [0.15, 0.2) is 16.6 Å². The number of ether oxygens (including phenoxy) is 2. The standard InChI is InChI=1S/C11H14BrNO3/c12-9-4-7(3-8(13)6-14)5-10-11(9)16-2-1-15-10/h4-5,8,14H,1-3,6,13H2. The lowest BCUT2D eigenvalue weighted by atomic mass is 10.1. The molecule has 0 radical (unpaired) electrons. The summed E-state index contributed by atoms with van der Waals surface area (Å²) in [5, 5.41) is 8.91. The van der Waals surface area contributed by atoms with E-state index in [1.807, 2.05) is 12.1 Å². The van der Waals surface area contributed by atoms with Crippen LogP contribution in [0.5, 0.6) is 11.5 Å². The van der Waals surface area contributed by atoms with Gasteiger partial charge in [0, 0.05) is 6.04 Å². The van der Waals surface area contributed by atoms with Crippen molar-refractivity contribution in [1.29, 1.82) is 0 Å². The number of aliphatic hydroxyl groups excluding tert-OH is 1.